The Morgan fingerprint density at radius 3 is 1.40 bits per heavy atom. The molecule has 2 nitrogen and oxygen atoms in total. The summed E-state index contributed by atoms with van der Waals surface area (Å²) in [6, 6.07) is 12.3. The molecule has 0 aromatic heterocycles. The van der Waals surface area contributed by atoms with E-state index in [0.29, 0.717) is 12.8 Å². The lowest BCUT2D eigenvalue weighted by atomic mass is 9.33. The molecule has 294 valence electrons. The van der Waals surface area contributed by atoms with Gasteiger partial charge in [0.1, 0.15) is 0 Å². The van der Waals surface area contributed by atoms with Crippen LogP contribution >= 0.6 is 0 Å². The summed E-state index contributed by atoms with van der Waals surface area (Å²) in [6.45, 7) is 10.2. The van der Waals surface area contributed by atoms with Gasteiger partial charge in [-0.15, -0.1) is 0 Å². The van der Waals surface area contributed by atoms with Crippen molar-refractivity contribution in [1.82, 2.24) is 4.90 Å². The highest BCUT2D eigenvalue weighted by Gasteiger charge is 2.42. The molecule has 2 heterocycles. The highest BCUT2D eigenvalue weighted by Crippen LogP contribution is 2.46. The summed E-state index contributed by atoms with van der Waals surface area (Å²) in [6.07, 6.45) is 47.9. The van der Waals surface area contributed by atoms with Crippen molar-refractivity contribution in [3.8, 4) is 0 Å². The van der Waals surface area contributed by atoms with Gasteiger partial charge >= 0.3 is 0 Å². The minimum absolute atomic E-state index is 0.614. The minimum Gasteiger partial charge on any atom is -0.369 e. The Hall–Kier alpha value is -1.90. The molecule has 1 aromatic rings. The van der Waals surface area contributed by atoms with Crippen LogP contribution in [0.15, 0.2) is 65.9 Å². The molecule has 0 N–H and O–H groups in total. The zero-order valence-corrected chi connectivity index (χ0v) is 34.7. The first kappa shape index (κ1) is 40.8. The van der Waals surface area contributed by atoms with Gasteiger partial charge in [0.2, 0.25) is 0 Å². The Kier molecular flexibility index (Phi) is 17.4. The fourth-order valence-corrected chi connectivity index (χ4v) is 12.0. The maximum absolute atomic E-state index is 4.77. The van der Waals surface area contributed by atoms with Gasteiger partial charge in [-0.3, -0.25) is 0 Å². The van der Waals surface area contributed by atoms with Crippen molar-refractivity contribution in [2.75, 3.05) is 18.0 Å². The molecule has 6 rings (SSSR count). The van der Waals surface area contributed by atoms with Gasteiger partial charge in [-0.05, 0) is 80.0 Å². The summed E-state index contributed by atoms with van der Waals surface area (Å²) < 4.78 is 0. The number of fused-ring (bicyclic) bond motifs is 3. The second-order valence-corrected chi connectivity index (χ2v) is 18.6. The van der Waals surface area contributed by atoms with Crippen LogP contribution in [-0.2, 0) is 0 Å². The average Bonchev–Trinajstić information content (AvgIpc) is 3.26. The van der Waals surface area contributed by atoms with Crippen LogP contribution in [0.1, 0.15) is 187 Å². The number of hydrogen-bond acceptors (Lipinski definition) is 2. The van der Waals surface area contributed by atoms with E-state index in [9.17, 15) is 0 Å². The summed E-state index contributed by atoms with van der Waals surface area (Å²) in [5.74, 6) is 3.25. The lowest BCUT2D eigenvalue weighted by molar-refractivity contribution is 0.155. The van der Waals surface area contributed by atoms with Gasteiger partial charge in [0.05, 0.1) is 0 Å². The van der Waals surface area contributed by atoms with Crippen molar-refractivity contribution in [2.24, 2.45) is 23.7 Å². The molecule has 4 unspecified atom stereocenters. The van der Waals surface area contributed by atoms with Gasteiger partial charge in [0.25, 0.3) is 0 Å². The monoisotopic (exact) mass is 721 g/mol. The van der Waals surface area contributed by atoms with Crippen molar-refractivity contribution in [2.45, 2.75) is 205 Å². The van der Waals surface area contributed by atoms with E-state index in [1.165, 1.54) is 217 Å². The first-order chi connectivity index (χ1) is 26.3. The van der Waals surface area contributed by atoms with Crippen LogP contribution in [0.4, 0.5) is 5.69 Å². The van der Waals surface area contributed by atoms with E-state index in [1.807, 2.05) is 0 Å². The summed E-state index contributed by atoms with van der Waals surface area (Å²) >= 11 is 0. The van der Waals surface area contributed by atoms with Crippen LogP contribution in [-0.4, -0.2) is 30.7 Å². The molecule has 0 bridgehead atoms. The van der Waals surface area contributed by atoms with Gasteiger partial charge in [0, 0.05) is 36.2 Å². The number of benzene rings is 1. The molecule has 3 heteroatoms. The summed E-state index contributed by atoms with van der Waals surface area (Å²) in [5, 5.41) is 0. The molecule has 1 saturated heterocycles. The van der Waals surface area contributed by atoms with Crippen LogP contribution < -0.4 is 4.90 Å². The van der Waals surface area contributed by atoms with Gasteiger partial charge in [-0.2, -0.15) is 0 Å². The van der Waals surface area contributed by atoms with E-state index in [2.05, 4.69) is 59.2 Å². The Balaban J connectivity index is 1.48. The molecule has 4 fully saturated rings. The van der Waals surface area contributed by atoms with Crippen molar-refractivity contribution >= 4 is 12.4 Å². The average molecular weight is 721 g/mol. The van der Waals surface area contributed by atoms with Crippen LogP contribution in [0.3, 0.4) is 0 Å². The minimum atomic E-state index is 0.614. The SMILES string of the molecule is C=C/C1=C2/B(CC3CCCCCCCCCCC3CN(c3ccccc3)/C2=C/C)CC2CCCCCCCC2CN1C1CCCCCCCCCCC1. The van der Waals surface area contributed by atoms with Crippen molar-refractivity contribution < 1.29 is 0 Å². The van der Waals surface area contributed by atoms with Crippen molar-refractivity contribution in [3.05, 3.63) is 65.9 Å². The van der Waals surface area contributed by atoms with Gasteiger partial charge in [0.15, 0.2) is 6.71 Å². The largest absolute Gasteiger partial charge is 0.369 e. The van der Waals surface area contributed by atoms with Crippen molar-refractivity contribution in [1.29, 1.82) is 0 Å². The Morgan fingerprint density at radius 2 is 0.943 bits per heavy atom. The fraction of sp³-hybridized carbons (Fsp3) is 0.760. The van der Waals surface area contributed by atoms with Crippen LogP contribution in [0.25, 0.3) is 0 Å². The highest BCUT2D eigenvalue weighted by atomic mass is 15.2. The summed E-state index contributed by atoms with van der Waals surface area (Å²) in [4.78, 5) is 5.92. The Labute approximate surface area is 329 Å². The molecule has 5 aliphatic rings. The second-order valence-electron chi connectivity index (χ2n) is 18.6. The van der Waals surface area contributed by atoms with Crippen LogP contribution in [0, 0.1) is 23.7 Å². The highest BCUT2D eigenvalue weighted by molar-refractivity contribution is 6.68. The van der Waals surface area contributed by atoms with E-state index >= 15 is 0 Å². The van der Waals surface area contributed by atoms with E-state index < -0.39 is 0 Å². The number of rotatable bonds is 3. The molecular weight excluding hydrogens is 639 g/mol. The standard InChI is InChI=1S/C50H81BN2/c1-3-48-50-49(4-2)53(47-36-28-21-29-37-47)41-44-32-24-16-11-9-8-10-15-22-30-42(44)38-51(50)39-43-31-23-17-14-18-25-33-45(43)40-52(48)46-34-26-19-12-6-5-7-13-20-27-35-46/h3-4,21,28-29,36-37,42-46H,1,5-20,22-27,30-35,38-41H2,2H3/b49-4+,50-48-. The van der Waals surface area contributed by atoms with E-state index in [0.717, 1.165) is 23.7 Å². The van der Waals surface area contributed by atoms with Gasteiger partial charge < -0.3 is 9.80 Å². The topological polar surface area (TPSA) is 6.48 Å². The number of allylic oxidation sites excluding steroid dienone is 3. The first-order valence-electron chi connectivity index (χ1n) is 23.9. The lowest BCUT2D eigenvalue weighted by Gasteiger charge is -2.48. The number of anilines is 1. The molecule has 53 heavy (non-hydrogen) atoms. The summed E-state index contributed by atoms with van der Waals surface area (Å²) in [7, 11) is 0. The third kappa shape index (κ3) is 11.8. The van der Waals surface area contributed by atoms with Gasteiger partial charge in [-0.25, -0.2) is 0 Å². The third-order valence-corrected chi connectivity index (χ3v) is 15.0. The number of hydrogen-bond donors (Lipinski definition) is 0. The molecule has 3 saturated carbocycles. The maximum atomic E-state index is 4.77. The van der Waals surface area contributed by atoms with E-state index in [1.54, 1.807) is 11.2 Å². The third-order valence-electron chi connectivity index (χ3n) is 15.0. The van der Waals surface area contributed by atoms with Crippen LogP contribution in [0.2, 0.25) is 12.6 Å². The predicted octanol–water partition coefficient (Wildman–Crippen LogP) is 15.0. The predicted molar refractivity (Wildman–Crippen MR) is 234 cm³/mol. The molecule has 0 spiro atoms. The van der Waals surface area contributed by atoms with Crippen molar-refractivity contribution in [3.63, 3.8) is 0 Å². The molecule has 2 aliphatic heterocycles. The molecule has 0 amide bonds. The normalized spacial score (nSPS) is 31.4. The number of nitrogens with zero attached hydrogens (tertiary/aromatic N) is 2. The van der Waals surface area contributed by atoms with Gasteiger partial charge in [-0.1, -0.05) is 198 Å². The smallest absolute Gasteiger partial charge is 0.181 e. The quantitative estimate of drug-likeness (QED) is 0.287. The Bertz CT molecular complexity index is 1240. The molecule has 1 aromatic carbocycles. The molecule has 0 radical (unpaired) electrons. The maximum Gasteiger partial charge on any atom is 0.181 e. The number of para-hydroxylation sites is 1. The first-order valence-corrected chi connectivity index (χ1v) is 23.9. The lowest BCUT2D eigenvalue weighted by Crippen LogP contribution is -2.47. The summed E-state index contributed by atoms with van der Waals surface area (Å²) in [5.41, 5.74) is 6.17. The fourth-order valence-electron chi connectivity index (χ4n) is 12.0. The molecular formula is C50H81BN2. The van der Waals surface area contributed by atoms with E-state index in [-0.39, 0.29) is 0 Å². The second kappa shape index (κ2) is 22.6. The molecule has 4 atom stereocenters. The molecule has 3 aliphatic carbocycles. The van der Waals surface area contributed by atoms with Crippen LogP contribution in [0.5, 0.6) is 0 Å². The Morgan fingerprint density at radius 1 is 0.528 bits per heavy atom. The zero-order chi connectivity index (χ0) is 36.5. The zero-order valence-electron chi connectivity index (χ0n) is 34.7. The van der Waals surface area contributed by atoms with E-state index in [4.69, 9.17) is 6.58 Å².